The van der Waals surface area contributed by atoms with Crippen LogP contribution >= 0.6 is 0 Å². The minimum atomic E-state index is -0.485. The molecular formula is C14H12N4O3. The summed E-state index contributed by atoms with van der Waals surface area (Å²) in [5.74, 6) is 0.192. The Kier molecular flexibility index (Phi) is 3.15. The summed E-state index contributed by atoms with van der Waals surface area (Å²) >= 11 is 0. The summed E-state index contributed by atoms with van der Waals surface area (Å²) in [4.78, 5) is 12.2. The number of nitro groups is 1. The number of hydrogen-bond donors (Lipinski definition) is 1. The van der Waals surface area contributed by atoms with Gasteiger partial charge in [0.15, 0.2) is 11.3 Å². The van der Waals surface area contributed by atoms with Crippen molar-refractivity contribution in [2.24, 2.45) is 0 Å². The fourth-order valence-electron chi connectivity index (χ4n) is 2.10. The van der Waals surface area contributed by atoms with Crippen molar-refractivity contribution in [3.63, 3.8) is 0 Å². The summed E-state index contributed by atoms with van der Waals surface area (Å²) in [7, 11) is 1.40. The molecule has 3 rings (SSSR count). The van der Waals surface area contributed by atoms with Crippen molar-refractivity contribution < 1.29 is 9.66 Å². The Morgan fingerprint density at radius 3 is 2.67 bits per heavy atom. The Bertz CT molecular complexity index is 799. The first-order valence-electron chi connectivity index (χ1n) is 6.22. The van der Waals surface area contributed by atoms with Crippen LogP contribution in [0.3, 0.4) is 0 Å². The highest BCUT2D eigenvalue weighted by atomic mass is 16.6. The van der Waals surface area contributed by atoms with Crippen LogP contribution in [0.5, 0.6) is 5.75 Å². The van der Waals surface area contributed by atoms with E-state index in [9.17, 15) is 10.1 Å². The number of ether oxygens (including phenoxy) is 1. The van der Waals surface area contributed by atoms with Crippen LogP contribution in [-0.4, -0.2) is 21.9 Å². The van der Waals surface area contributed by atoms with E-state index in [0.29, 0.717) is 5.39 Å². The van der Waals surface area contributed by atoms with Crippen LogP contribution in [-0.2, 0) is 0 Å². The van der Waals surface area contributed by atoms with E-state index >= 15 is 0 Å². The summed E-state index contributed by atoms with van der Waals surface area (Å²) < 4.78 is 5.03. The molecule has 3 aromatic rings. The quantitative estimate of drug-likeness (QED) is 0.588. The molecule has 1 N–H and O–H groups in total. The summed E-state index contributed by atoms with van der Waals surface area (Å²) in [6.07, 6.45) is 1.69. The molecule has 0 radical (unpaired) electrons. The smallest absolute Gasteiger partial charge is 0.338 e. The molecule has 0 saturated carbocycles. The third-order valence-corrected chi connectivity index (χ3v) is 3.03. The van der Waals surface area contributed by atoms with Gasteiger partial charge < -0.3 is 4.74 Å². The normalized spacial score (nSPS) is 10.5. The zero-order valence-corrected chi connectivity index (χ0v) is 11.2. The molecule has 0 unspecified atom stereocenters. The summed E-state index contributed by atoms with van der Waals surface area (Å²) in [6.45, 7) is 0. The number of nitrogens with one attached hydrogen (secondary N) is 1. The van der Waals surface area contributed by atoms with E-state index in [1.807, 2.05) is 30.3 Å². The predicted octanol–water partition coefficient (Wildman–Crippen LogP) is 2.83. The van der Waals surface area contributed by atoms with Crippen LogP contribution in [0.2, 0.25) is 0 Å². The Labute approximate surface area is 119 Å². The Hall–Kier alpha value is -3.09. The Morgan fingerprint density at radius 2 is 2.00 bits per heavy atom. The molecule has 0 bridgehead atoms. The second-order valence-corrected chi connectivity index (χ2v) is 4.36. The van der Waals surface area contributed by atoms with Crippen molar-refractivity contribution in [2.45, 2.75) is 0 Å². The van der Waals surface area contributed by atoms with Crippen LogP contribution in [0, 0.1) is 10.1 Å². The minimum Gasteiger partial charge on any atom is -0.490 e. The number of fused-ring (bicyclic) bond motifs is 1. The van der Waals surface area contributed by atoms with Crippen molar-refractivity contribution in [1.29, 1.82) is 0 Å². The second kappa shape index (κ2) is 5.12. The van der Waals surface area contributed by atoms with Gasteiger partial charge in [0.1, 0.15) is 0 Å². The lowest BCUT2D eigenvalue weighted by Gasteiger charge is -2.04. The van der Waals surface area contributed by atoms with Gasteiger partial charge in [0.25, 0.3) is 0 Å². The number of aromatic nitrogens is 2. The van der Waals surface area contributed by atoms with Gasteiger partial charge in [-0.15, -0.1) is 5.10 Å². The van der Waals surface area contributed by atoms with Crippen LogP contribution in [0.25, 0.3) is 10.9 Å². The molecular weight excluding hydrogens is 272 g/mol. The largest absolute Gasteiger partial charge is 0.490 e. The zero-order valence-electron chi connectivity index (χ0n) is 11.2. The van der Waals surface area contributed by atoms with Gasteiger partial charge in [-0.3, -0.25) is 15.5 Å². The lowest BCUT2D eigenvalue weighted by atomic mass is 10.2. The molecule has 2 aromatic carbocycles. The maximum Gasteiger partial charge on any atom is 0.338 e. The van der Waals surface area contributed by atoms with Crippen molar-refractivity contribution in [2.75, 3.05) is 12.5 Å². The van der Waals surface area contributed by atoms with Gasteiger partial charge in [-0.1, -0.05) is 18.2 Å². The first kappa shape index (κ1) is 12.9. The van der Waals surface area contributed by atoms with E-state index < -0.39 is 4.92 Å². The lowest BCUT2D eigenvalue weighted by molar-refractivity contribution is -0.384. The van der Waals surface area contributed by atoms with E-state index in [4.69, 9.17) is 4.74 Å². The maximum atomic E-state index is 11.2. The highest BCUT2D eigenvalue weighted by Gasteiger charge is 2.22. The van der Waals surface area contributed by atoms with E-state index in [2.05, 4.69) is 10.5 Å². The van der Waals surface area contributed by atoms with Crippen LogP contribution < -0.4 is 10.2 Å². The number of para-hydroxylation sites is 1. The van der Waals surface area contributed by atoms with Crippen molar-refractivity contribution in [1.82, 2.24) is 9.89 Å². The number of nitrogens with zero attached hydrogens (tertiary/aromatic N) is 3. The summed E-state index contributed by atoms with van der Waals surface area (Å²) in [5, 5.41) is 16.1. The topological polar surface area (TPSA) is 82.2 Å². The molecule has 7 nitrogen and oxygen atoms in total. The van der Waals surface area contributed by atoms with E-state index in [1.165, 1.54) is 11.9 Å². The third kappa shape index (κ3) is 2.36. The monoisotopic (exact) mass is 284 g/mol. The van der Waals surface area contributed by atoms with E-state index in [0.717, 1.165) is 5.69 Å². The van der Waals surface area contributed by atoms with Gasteiger partial charge in [0.2, 0.25) is 0 Å². The van der Waals surface area contributed by atoms with Gasteiger partial charge in [-0.25, -0.2) is 0 Å². The molecule has 0 aliphatic heterocycles. The molecule has 0 atom stereocenters. The third-order valence-electron chi connectivity index (χ3n) is 3.03. The highest BCUT2D eigenvalue weighted by molar-refractivity contribution is 5.90. The van der Waals surface area contributed by atoms with Crippen molar-refractivity contribution in [3.8, 4) is 5.75 Å². The Balaban J connectivity index is 2.08. The molecule has 7 heteroatoms. The Morgan fingerprint density at radius 1 is 1.24 bits per heavy atom. The van der Waals surface area contributed by atoms with E-state index in [1.54, 1.807) is 18.3 Å². The van der Waals surface area contributed by atoms with Crippen molar-refractivity contribution in [3.05, 3.63) is 58.8 Å². The first-order valence-corrected chi connectivity index (χ1v) is 6.22. The second-order valence-electron chi connectivity index (χ2n) is 4.36. The molecule has 21 heavy (non-hydrogen) atoms. The first-order chi connectivity index (χ1) is 10.2. The average Bonchev–Trinajstić information content (AvgIpc) is 2.88. The fourth-order valence-corrected chi connectivity index (χ4v) is 2.10. The number of hydrogen-bond acceptors (Lipinski definition) is 5. The lowest BCUT2D eigenvalue weighted by Crippen LogP contribution is -2.08. The van der Waals surface area contributed by atoms with E-state index in [-0.39, 0.29) is 17.0 Å². The molecule has 0 spiro atoms. The molecule has 0 aliphatic carbocycles. The van der Waals surface area contributed by atoms with Gasteiger partial charge in [-0.2, -0.15) is 4.79 Å². The van der Waals surface area contributed by atoms with Gasteiger partial charge in [0, 0.05) is 5.39 Å². The molecule has 1 heterocycles. The molecule has 0 aliphatic rings. The molecule has 106 valence electrons. The van der Waals surface area contributed by atoms with Crippen molar-refractivity contribution >= 4 is 22.3 Å². The number of nitro benzene ring substituents is 1. The number of rotatable bonds is 4. The highest BCUT2D eigenvalue weighted by Crippen LogP contribution is 2.33. The van der Waals surface area contributed by atoms with Crippen LogP contribution in [0.4, 0.5) is 11.4 Å². The fraction of sp³-hybridized carbons (Fsp3) is 0.0714. The molecule has 0 amide bonds. The number of methoxy groups -OCH3 is 1. The van der Waals surface area contributed by atoms with Gasteiger partial charge >= 0.3 is 5.69 Å². The van der Waals surface area contributed by atoms with Crippen LogP contribution in [0.1, 0.15) is 0 Å². The van der Waals surface area contributed by atoms with Gasteiger partial charge in [-0.05, 0) is 24.3 Å². The molecule has 0 saturated heterocycles. The summed E-state index contributed by atoms with van der Waals surface area (Å²) in [6, 6.07) is 12.7. The van der Waals surface area contributed by atoms with Crippen LogP contribution in [0.15, 0.2) is 48.7 Å². The zero-order chi connectivity index (χ0) is 14.8. The maximum absolute atomic E-state index is 11.2. The predicted molar refractivity (Wildman–Crippen MR) is 78.4 cm³/mol. The SMILES string of the molecule is COc1ccc2cn(Nc3ccccc3)nc2c1[N+](=O)[O-]. The van der Waals surface area contributed by atoms with Gasteiger partial charge in [0.05, 0.1) is 23.9 Å². The number of benzene rings is 2. The molecule has 1 aromatic heterocycles. The average molecular weight is 284 g/mol. The number of anilines is 1. The minimum absolute atomic E-state index is 0.136. The summed E-state index contributed by atoms with van der Waals surface area (Å²) in [5.41, 5.74) is 4.02. The standard InChI is InChI=1S/C14H12N4O3/c1-21-12-8-7-10-9-17(15-11-5-3-2-4-6-11)16-13(10)14(12)18(19)20/h2-9,15H,1H3. The molecule has 0 fully saturated rings.